The van der Waals surface area contributed by atoms with Gasteiger partial charge in [-0.3, -0.25) is 4.79 Å². The zero-order valence-electron chi connectivity index (χ0n) is 17.3. The maximum Gasteiger partial charge on any atom is 0.267 e. The van der Waals surface area contributed by atoms with Crippen LogP contribution in [0, 0.1) is 0 Å². The maximum atomic E-state index is 12.3. The first-order valence-corrected chi connectivity index (χ1v) is 10.0. The Bertz CT molecular complexity index is 1210. The first-order chi connectivity index (χ1) is 15.2. The van der Waals surface area contributed by atoms with Crippen LogP contribution in [0.4, 0.5) is 0 Å². The first kappa shape index (κ1) is 20.3. The molecule has 158 valence electrons. The van der Waals surface area contributed by atoms with Crippen LogP contribution in [0.1, 0.15) is 19.7 Å². The number of nitrogens with zero attached hydrogens (tertiary/aromatic N) is 4. The lowest BCUT2D eigenvalue weighted by molar-refractivity contribution is 0.340. The number of rotatable bonds is 8. The van der Waals surface area contributed by atoms with Gasteiger partial charge in [-0.2, -0.15) is 10.1 Å². The summed E-state index contributed by atoms with van der Waals surface area (Å²) >= 11 is 0. The average molecular weight is 418 g/mol. The Morgan fingerprint density at radius 1 is 0.903 bits per heavy atom. The standard InChI is InChI=1S/C23H22N4O4/c1-3-29-18-10-8-16(9-11-18)20-12-13-22(28)27(25-20)15-21-24-23(26-31-21)17-6-5-7-19(14-17)30-4-2/h5-14H,3-4,15H2,1-2H3. The van der Waals surface area contributed by atoms with E-state index in [0.29, 0.717) is 24.7 Å². The van der Waals surface area contributed by atoms with Crippen molar-refractivity contribution >= 4 is 0 Å². The van der Waals surface area contributed by atoms with Crippen molar-refractivity contribution in [2.75, 3.05) is 13.2 Å². The third-order valence-electron chi connectivity index (χ3n) is 4.48. The van der Waals surface area contributed by atoms with Gasteiger partial charge in [0.25, 0.3) is 5.56 Å². The predicted molar refractivity (Wildman–Crippen MR) is 115 cm³/mol. The van der Waals surface area contributed by atoms with Gasteiger partial charge in [-0.05, 0) is 56.3 Å². The fourth-order valence-electron chi connectivity index (χ4n) is 3.06. The fourth-order valence-corrected chi connectivity index (χ4v) is 3.06. The smallest absolute Gasteiger partial charge is 0.267 e. The lowest BCUT2D eigenvalue weighted by atomic mass is 10.1. The lowest BCUT2D eigenvalue weighted by Gasteiger charge is -2.07. The van der Waals surface area contributed by atoms with E-state index in [2.05, 4.69) is 15.2 Å². The predicted octanol–water partition coefficient (Wildman–Crippen LogP) is 3.81. The van der Waals surface area contributed by atoms with Crippen molar-refractivity contribution in [1.29, 1.82) is 0 Å². The second kappa shape index (κ2) is 9.25. The molecular weight excluding hydrogens is 396 g/mol. The Balaban J connectivity index is 1.55. The Morgan fingerprint density at radius 3 is 2.45 bits per heavy atom. The third-order valence-corrected chi connectivity index (χ3v) is 4.48. The average Bonchev–Trinajstić information content (AvgIpc) is 3.25. The molecule has 0 fully saturated rings. The molecule has 0 aliphatic heterocycles. The van der Waals surface area contributed by atoms with E-state index in [1.807, 2.05) is 62.4 Å². The second-order valence-corrected chi connectivity index (χ2v) is 6.64. The van der Waals surface area contributed by atoms with Crippen molar-refractivity contribution in [1.82, 2.24) is 19.9 Å². The van der Waals surface area contributed by atoms with E-state index in [9.17, 15) is 4.79 Å². The summed E-state index contributed by atoms with van der Waals surface area (Å²) in [6.07, 6.45) is 0. The molecular formula is C23H22N4O4. The van der Waals surface area contributed by atoms with Crippen molar-refractivity contribution in [3.8, 4) is 34.1 Å². The van der Waals surface area contributed by atoms with Crippen molar-refractivity contribution in [3.63, 3.8) is 0 Å². The van der Waals surface area contributed by atoms with E-state index in [4.69, 9.17) is 14.0 Å². The van der Waals surface area contributed by atoms with Gasteiger partial charge in [0, 0.05) is 17.2 Å². The molecule has 2 aromatic carbocycles. The fraction of sp³-hybridized carbons (Fsp3) is 0.217. The van der Waals surface area contributed by atoms with Gasteiger partial charge < -0.3 is 14.0 Å². The highest BCUT2D eigenvalue weighted by atomic mass is 16.5. The van der Waals surface area contributed by atoms with E-state index >= 15 is 0 Å². The summed E-state index contributed by atoms with van der Waals surface area (Å²) in [7, 11) is 0. The number of hydrogen-bond acceptors (Lipinski definition) is 7. The van der Waals surface area contributed by atoms with Crippen LogP contribution >= 0.6 is 0 Å². The van der Waals surface area contributed by atoms with E-state index in [0.717, 1.165) is 22.6 Å². The first-order valence-electron chi connectivity index (χ1n) is 10.0. The molecule has 2 heterocycles. The highest BCUT2D eigenvalue weighted by Gasteiger charge is 2.12. The zero-order chi connectivity index (χ0) is 21.6. The highest BCUT2D eigenvalue weighted by Crippen LogP contribution is 2.22. The maximum absolute atomic E-state index is 12.3. The molecule has 0 saturated heterocycles. The van der Waals surface area contributed by atoms with Crippen LogP contribution in [0.2, 0.25) is 0 Å². The molecule has 8 nitrogen and oxygen atoms in total. The van der Waals surface area contributed by atoms with Crippen molar-refractivity contribution < 1.29 is 14.0 Å². The summed E-state index contributed by atoms with van der Waals surface area (Å²) in [6, 6.07) is 18.1. The van der Waals surface area contributed by atoms with Gasteiger partial charge in [0.05, 0.1) is 18.9 Å². The molecule has 0 aliphatic rings. The largest absolute Gasteiger partial charge is 0.494 e. The molecule has 8 heteroatoms. The van der Waals surface area contributed by atoms with Crippen LogP contribution in [-0.2, 0) is 6.54 Å². The van der Waals surface area contributed by atoms with Crippen molar-refractivity contribution in [2.45, 2.75) is 20.4 Å². The minimum absolute atomic E-state index is 0.0713. The quantitative estimate of drug-likeness (QED) is 0.430. The summed E-state index contributed by atoms with van der Waals surface area (Å²) in [6.45, 7) is 5.10. The summed E-state index contributed by atoms with van der Waals surface area (Å²) in [4.78, 5) is 16.7. The minimum atomic E-state index is -0.257. The summed E-state index contributed by atoms with van der Waals surface area (Å²) in [5, 5.41) is 8.47. The van der Waals surface area contributed by atoms with E-state index in [1.54, 1.807) is 6.07 Å². The molecule has 0 saturated carbocycles. The molecule has 31 heavy (non-hydrogen) atoms. The van der Waals surface area contributed by atoms with Gasteiger partial charge >= 0.3 is 0 Å². The Labute approximate surface area is 179 Å². The number of ether oxygens (including phenoxy) is 2. The van der Waals surface area contributed by atoms with Crippen molar-refractivity contribution in [3.05, 3.63) is 76.9 Å². The second-order valence-electron chi connectivity index (χ2n) is 6.64. The molecule has 0 aliphatic carbocycles. The summed E-state index contributed by atoms with van der Waals surface area (Å²) in [5.41, 5.74) is 2.04. The van der Waals surface area contributed by atoms with Crippen LogP contribution in [0.25, 0.3) is 22.6 Å². The van der Waals surface area contributed by atoms with Gasteiger partial charge in [0.15, 0.2) is 0 Å². The Hall–Kier alpha value is -3.94. The molecule has 0 radical (unpaired) electrons. The molecule has 4 aromatic rings. The van der Waals surface area contributed by atoms with Gasteiger partial charge in [-0.25, -0.2) is 4.68 Å². The zero-order valence-corrected chi connectivity index (χ0v) is 17.3. The van der Waals surface area contributed by atoms with E-state index < -0.39 is 0 Å². The number of benzene rings is 2. The number of hydrogen-bond donors (Lipinski definition) is 0. The van der Waals surface area contributed by atoms with E-state index in [1.165, 1.54) is 10.7 Å². The van der Waals surface area contributed by atoms with Gasteiger partial charge in [0.1, 0.15) is 18.0 Å². The van der Waals surface area contributed by atoms with E-state index in [-0.39, 0.29) is 18.0 Å². The van der Waals surface area contributed by atoms with Gasteiger partial charge in [-0.1, -0.05) is 17.3 Å². The monoisotopic (exact) mass is 418 g/mol. The molecule has 0 atom stereocenters. The van der Waals surface area contributed by atoms with Gasteiger partial charge in [0.2, 0.25) is 11.7 Å². The summed E-state index contributed by atoms with van der Waals surface area (Å²) < 4.78 is 17.6. The van der Waals surface area contributed by atoms with Crippen LogP contribution in [0.15, 0.2) is 70.0 Å². The normalized spacial score (nSPS) is 10.8. The Kier molecular flexibility index (Phi) is 6.07. The molecule has 0 bridgehead atoms. The van der Waals surface area contributed by atoms with Crippen LogP contribution in [0.3, 0.4) is 0 Å². The molecule has 0 amide bonds. The highest BCUT2D eigenvalue weighted by molar-refractivity contribution is 5.59. The van der Waals surface area contributed by atoms with Gasteiger partial charge in [-0.15, -0.1) is 0 Å². The number of aromatic nitrogens is 4. The SMILES string of the molecule is CCOc1ccc(-c2ccc(=O)n(Cc3nc(-c4cccc(OCC)c4)no3)n2)cc1. The molecule has 2 aromatic heterocycles. The molecule has 4 rings (SSSR count). The van der Waals surface area contributed by atoms with Crippen molar-refractivity contribution in [2.24, 2.45) is 0 Å². The molecule has 0 unspecified atom stereocenters. The minimum Gasteiger partial charge on any atom is -0.494 e. The van der Waals surface area contributed by atoms with Crippen LogP contribution in [0.5, 0.6) is 11.5 Å². The molecule has 0 spiro atoms. The third kappa shape index (κ3) is 4.80. The van der Waals surface area contributed by atoms with Crippen LogP contribution in [-0.4, -0.2) is 33.1 Å². The lowest BCUT2D eigenvalue weighted by Crippen LogP contribution is -2.23. The molecule has 0 N–H and O–H groups in total. The van der Waals surface area contributed by atoms with Crippen LogP contribution < -0.4 is 15.0 Å². The Morgan fingerprint density at radius 2 is 1.68 bits per heavy atom. The topological polar surface area (TPSA) is 92.3 Å². The summed E-state index contributed by atoms with van der Waals surface area (Å²) in [5.74, 6) is 2.22.